The molecule has 114 valence electrons. The SMILES string of the molecule is CCOC(=O)C1CNCCN1C(=O)c1ccc(F)cc1F. The number of hydrogen-bond donors (Lipinski definition) is 1. The van der Waals surface area contributed by atoms with Crippen LogP contribution in [0.2, 0.25) is 0 Å². The second-order valence-corrected chi connectivity index (χ2v) is 4.59. The van der Waals surface area contributed by atoms with Crippen molar-refractivity contribution >= 4 is 11.9 Å². The van der Waals surface area contributed by atoms with Gasteiger partial charge in [0.1, 0.15) is 17.7 Å². The van der Waals surface area contributed by atoms with Gasteiger partial charge in [-0.3, -0.25) is 4.79 Å². The van der Waals surface area contributed by atoms with Gasteiger partial charge in [-0.25, -0.2) is 13.6 Å². The molecule has 1 amide bonds. The quantitative estimate of drug-likeness (QED) is 0.844. The molecule has 1 fully saturated rings. The second-order valence-electron chi connectivity index (χ2n) is 4.59. The molecule has 2 rings (SSSR count). The maximum Gasteiger partial charge on any atom is 0.330 e. The van der Waals surface area contributed by atoms with Gasteiger partial charge >= 0.3 is 5.97 Å². The molecule has 0 aliphatic carbocycles. The summed E-state index contributed by atoms with van der Waals surface area (Å²) in [5.74, 6) is -2.89. The van der Waals surface area contributed by atoms with Gasteiger partial charge in [-0.1, -0.05) is 0 Å². The largest absolute Gasteiger partial charge is 0.464 e. The highest BCUT2D eigenvalue weighted by Gasteiger charge is 2.34. The van der Waals surface area contributed by atoms with Crippen LogP contribution >= 0.6 is 0 Å². The van der Waals surface area contributed by atoms with Crippen LogP contribution in [0.15, 0.2) is 18.2 Å². The molecule has 0 spiro atoms. The molecule has 0 saturated carbocycles. The molecule has 0 bridgehead atoms. The Morgan fingerprint density at radius 1 is 1.43 bits per heavy atom. The summed E-state index contributed by atoms with van der Waals surface area (Å²) in [5.41, 5.74) is -0.257. The summed E-state index contributed by atoms with van der Waals surface area (Å²) < 4.78 is 31.5. The maximum absolute atomic E-state index is 13.7. The van der Waals surface area contributed by atoms with Gasteiger partial charge in [-0.15, -0.1) is 0 Å². The van der Waals surface area contributed by atoms with Crippen molar-refractivity contribution in [1.29, 1.82) is 0 Å². The fourth-order valence-corrected chi connectivity index (χ4v) is 2.21. The van der Waals surface area contributed by atoms with Gasteiger partial charge in [0, 0.05) is 25.7 Å². The zero-order valence-corrected chi connectivity index (χ0v) is 11.6. The van der Waals surface area contributed by atoms with Crippen molar-refractivity contribution in [2.75, 3.05) is 26.2 Å². The van der Waals surface area contributed by atoms with Crippen molar-refractivity contribution in [3.8, 4) is 0 Å². The third-order valence-electron chi connectivity index (χ3n) is 3.22. The zero-order chi connectivity index (χ0) is 15.4. The first-order valence-electron chi connectivity index (χ1n) is 6.68. The minimum atomic E-state index is -0.943. The van der Waals surface area contributed by atoms with Crippen LogP contribution in [0.3, 0.4) is 0 Å². The lowest BCUT2D eigenvalue weighted by Crippen LogP contribution is -2.57. The lowest BCUT2D eigenvalue weighted by molar-refractivity contribution is -0.149. The molecule has 1 aliphatic heterocycles. The van der Waals surface area contributed by atoms with Gasteiger partial charge in [-0.2, -0.15) is 0 Å². The van der Waals surface area contributed by atoms with Crippen molar-refractivity contribution in [2.45, 2.75) is 13.0 Å². The topological polar surface area (TPSA) is 58.6 Å². The van der Waals surface area contributed by atoms with E-state index in [1.54, 1.807) is 6.92 Å². The zero-order valence-electron chi connectivity index (χ0n) is 11.6. The molecule has 21 heavy (non-hydrogen) atoms. The van der Waals surface area contributed by atoms with Gasteiger partial charge in [0.15, 0.2) is 0 Å². The third-order valence-corrected chi connectivity index (χ3v) is 3.22. The maximum atomic E-state index is 13.7. The first-order chi connectivity index (χ1) is 10.0. The molecule has 1 heterocycles. The van der Waals surface area contributed by atoms with Crippen molar-refractivity contribution in [2.24, 2.45) is 0 Å². The minimum Gasteiger partial charge on any atom is -0.464 e. The third kappa shape index (κ3) is 3.36. The number of esters is 1. The van der Waals surface area contributed by atoms with Crippen LogP contribution in [0.4, 0.5) is 8.78 Å². The molecule has 1 unspecified atom stereocenters. The Kier molecular flexibility index (Phi) is 4.85. The number of ether oxygens (including phenoxy) is 1. The standard InChI is InChI=1S/C14H16F2N2O3/c1-2-21-14(20)12-8-17-5-6-18(12)13(19)10-4-3-9(15)7-11(10)16/h3-4,7,12,17H,2,5-6,8H2,1H3. The van der Waals surface area contributed by atoms with Crippen LogP contribution in [0, 0.1) is 11.6 Å². The Morgan fingerprint density at radius 3 is 2.86 bits per heavy atom. The Morgan fingerprint density at radius 2 is 2.19 bits per heavy atom. The first kappa shape index (κ1) is 15.4. The summed E-state index contributed by atoms with van der Waals surface area (Å²) in [7, 11) is 0. The van der Waals surface area contributed by atoms with Crippen molar-refractivity contribution in [3.05, 3.63) is 35.4 Å². The van der Waals surface area contributed by atoms with E-state index in [-0.39, 0.29) is 25.3 Å². The number of halogens is 2. The Balaban J connectivity index is 2.24. The van der Waals surface area contributed by atoms with Gasteiger partial charge in [0.25, 0.3) is 5.91 Å². The summed E-state index contributed by atoms with van der Waals surface area (Å²) in [5, 5.41) is 2.99. The van der Waals surface area contributed by atoms with E-state index < -0.39 is 29.6 Å². The molecule has 1 saturated heterocycles. The Labute approximate surface area is 120 Å². The molecule has 1 aromatic carbocycles. The highest BCUT2D eigenvalue weighted by Crippen LogP contribution is 2.16. The van der Waals surface area contributed by atoms with Crippen LogP contribution in [0.1, 0.15) is 17.3 Å². The first-order valence-corrected chi connectivity index (χ1v) is 6.68. The predicted molar refractivity (Wildman–Crippen MR) is 70.7 cm³/mol. The summed E-state index contributed by atoms with van der Waals surface area (Å²) in [6.07, 6.45) is 0. The van der Waals surface area contributed by atoms with Crippen LogP contribution in [-0.2, 0) is 9.53 Å². The van der Waals surface area contributed by atoms with E-state index in [9.17, 15) is 18.4 Å². The molecule has 1 N–H and O–H groups in total. The Hall–Kier alpha value is -2.02. The number of rotatable bonds is 3. The van der Waals surface area contributed by atoms with E-state index in [0.717, 1.165) is 12.1 Å². The molecule has 5 nitrogen and oxygen atoms in total. The second kappa shape index (κ2) is 6.62. The van der Waals surface area contributed by atoms with E-state index in [1.807, 2.05) is 0 Å². The number of benzene rings is 1. The summed E-state index contributed by atoms with van der Waals surface area (Å²) in [6, 6.07) is 1.93. The number of piperazine rings is 1. The van der Waals surface area contributed by atoms with Gasteiger partial charge < -0.3 is 15.0 Å². The molecule has 7 heteroatoms. The molecule has 1 aliphatic rings. The highest BCUT2D eigenvalue weighted by atomic mass is 19.1. The number of carbonyl (C=O) groups is 2. The lowest BCUT2D eigenvalue weighted by Gasteiger charge is -2.34. The summed E-state index contributed by atoms with van der Waals surface area (Å²) in [4.78, 5) is 25.5. The molecule has 1 atom stereocenters. The summed E-state index contributed by atoms with van der Waals surface area (Å²) in [6.45, 7) is 2.85. The van der Waals surface area contributed by atoms with Gasteiger partial charge in [0.2, 0.25) is 0 Å². The van der Waals surface area contributed by atoms with Crippen LogP contribution in [-0.4, -0.2) is 49.1 Å². The Bertz CT molecular complexity index is 551. The molecule has 1 aromatic rings. The lowest BCUT2D eigenvalue weighted by atomic mass is 10.1. The van der Waals surface area contributed by atoms with Crippen LogP contribution < -0.4 is 5.32 Å². The van der Waals surface area contributed by atoms with Gasteiger partial charge in [0.05, 0.1) is 12.2 Å². The van der Waals surface area contributed by atoms with Crippen molar-refractivity contribution < 1.29 is 23.1 Å². The molecular formula is C14H16F2N2O3. The van der Waals surface area contributed by atoms with Gasteiger partial charge in [-0.05, 0) is 19.1 Å². The number of nitrogens with zero attached hydrogens (tertiary/aromatic N) is 1. The number of carbonyl (C=O) groups excluding carboxylic acids is 2. The fraction of sp³-hybridized carbons (Fsp3) is 0.429. The van der Waals surface area contributed by atoms with E-state index >= 15 is 0 Å². The molecule has 0 aromatic heterocycles. The van der Waals surface area contributed by atoms with E-state index in [4.69, 9.17) is 4.74 Å². The molecular weight excluding hydrogens is 282 g/mol. The van der Waals surface area contributed by atoms with E-state index in [0.29, 0.717) is 12.6 Å². The average Bonchev–Trinajstić information content (AvgIpc) is 2.47. The monoisotopic (exact) mass is 298 g/mol. The number of hydrogen-bond acceptors (Lipinski definition) is 4. The average molecular weight is 298 g/mol. The fourth-order valence-electron chi connectivity index (χ4n) is 2.21. The van der Waals surface area contributed by atoms with Crippen LogP contribution in [0.5, 0.6) is 0 Å². The predicted octanol–water partition coefficient (Wildman–Crippen LogP) is 0.942. The summed E-state index contributed by atoms with van der Waals surface area (Å²) >= 11 is 0. The van der Waals surface area contributed by atoms with Crippen LogP contribution in [0.25, 0.3) is 0 Å². The van der Waals surface area contributed by atoms with Crippen molar-refractivity contribution in [3.63, 3.8) is 0 Å². The number of nitrogens with one attached hydrogen (secondary N) is 1. The smallest absolute Gasteiger partial charge is 0.330 e. The van der Waals surface area contributed by atoms with E-state index in [2.05, 4.69) is 5.32 Å². The van der Waals surface area contributed by atoms with E-state index in [1.165, 1.54) is 4.90 Å². The normalized spacial score (nSPS) is 18.4. The minimum absolute atomic E-state index is 0.197. The molecule has 0 radical (unpaired) electrons. The highest BCUT2D eigenvalue weighted by molar-refractivity contribution is 5.97. The van der Waals surface area contributed by atoms with Crippen molar-refractivity contribution in [1.82, 2.24) is 10.2 Å². The number of amides is 1.